The molecule has 1 N–H and O–H groups in total. The quantitative estimate of drug-likeness (QED) is 0.733. The number of amides is 1. The van der Waals surface area contributed by atoms with Gasteiger partial charge in [-0.15, -0.1) is 0 Å². The number of aromatic nitrogens is 2. The third-order valence-electron chi connectivity index (χ3n) is 5.05. The number of rotatable bonds is 5. The second kappa shape index (κ2) is 8.08. The van der Waals surface area contributed by atoms with Crippen LogP contribution >= 0.6 is 0 Å². The van der Waals surface area contributed by atoms with E-state index < -0.39 is 0 Å². The number of aryl methyl sites for hydroxylation is 2. The smallest absolute Gasteiger partial charge is 0.258 e. The van der Waals surface area contributed by atoms with Gasteiger partial charge in [-0.25, -0.2) is 4.98 Å². The van der Waals surface area contributed by atoms with Crippen LogP contribution in [0.5, 0.6) is 0 Å². The van der Waals surface area contributed by atoms with E-state index in [0.717, 1.165) is 44.1 Å². The molecule has 28 heavy (non-hydrogen) atoms. The molecule has 0 unspecified atom stereocenters. The average molecular weight is 380 g/mol. The van der Waals surface area contributed by atoms with E-state index in [1.807, 2.05) is 26.0 Å². The first kappa shape index (κ1) is 18.6. The Labute approximate surface area is 163 Å². The lowest BCUT2D eigenvalue weighted by Gasteiger charge is -2.27. The number of nitrogens with one attached hydrogen (secondary N) is 1. The summed E-state index contributed by atoms with van der Waals surface area (Å²) < 4.78 is 10.7. The van der Waals surface area contributed by atoms with Crippen LogP contribution < -0.4 is 5.32 Å². The van der Waals surface area contributed by atoms with Gasteiger partial charge in [-0.2, -0.15) is 0 Å². The molecule has 0 aliphatic carbocycles. The van der Waals surface area contributed by atoms with Crippen LogP contribution in [0.3, 0.4) is 0 Å². The topological polar surface area (TPSA) is 80.5 Å². The number of hydrogen-bond donors (Lipinski definition) is 1. The predicted molar refractivity (Wildman–Crippen MR) is 105 cm³/mol. The van der Waals surface area contributed by atoms with Crippen molar-refractivity contribution in [1.82, 2.24) is 20.4 Å². The number of nitrogens with zero attached hydrogens (tertiary/aromatic N) is 3. The fraction of sp³-hybridized carbons (Fsp3) is 0.381. The molecule has 1 aliphatic rings. The van der Waals surface area contributed by atoms with Gasteiger partial charge in [0.05, 0.1) is 29.9 Å². The number of carbonyl (C=O) groups excluding carboxylic acids is 1. The Bertz CT molecular complexity index is 992. The van der Waals surface area contributed by atoms with Crippen molar-refractivity contribution in [2.45, 2.75) is 26.9 Å². The summed E-state index contributed by atoms with van der Waals surface area (Å²) in [5.74, 6) is -0.150. The monoisotopic (exact) mass is 380 g/mol. The molecule has 0 bridgehead atoms. The zero-order valence-electron chi connectivity index (χ0n) is 16.2. The van der Waals surface area contributed by atoms with E-state index >= 15 is 0 Å². The van der Waals surface area contributed by atoms with Gasteiger partial charge in [-0.3, -0.25) is 9.69 Å². The maximum atomic E-state index is 12.9. The third-order valence-corrected chi connectivity index (χ3v) is 5.05. The maximum absolute atomic E-state index is 12.9. The SMILES string of the molecule is Cc1cc(C(=O)NCc2ccccc2CN2CCOCC2)c2c(C)noc2n1. The number of fused-ring (bicyclic) bond motifs is 1. The highest BCUT2D eigenvalue weighted by Crippen LogP contribution is 2.22. The molecule has 7 nitrogen and oxygen atoms in total. The molecule has 1 amide bonds. The summed E-state index contributed by atoms with van der Waals surface area (Å²) in [4.78, 5) is 19.6. The van der Waals surface area contributed by atoms with Gasteiger partial charge in [-0.05, 0) is 31.0 Å². The molecule has 0 spiro atoms. The van der Waals surface area contributed by atoms with Crippen molar-refractivity contribution in [2.75, 3.05) is 26.3 Å². The summed E-state index contributed by atoms with van der Waals surface area (Å²) in [6, 6.07) is 10.0. The molecule has 0 atom stereocenters. The first-order chi connectivity index (χ1) is 13.6. The van der Waals surface area contributed by atoms with Gasteiger partial charge in [-0.1, -0.05) is 29.4 Å². The lowest BCUT2D eigenvalue weighted by Crippen LogP contribution is -2.36. The first-order valence-corrected chi connectivity index (χ1v) is 9.50. The molecule has 146 valence electrons. The zero-order valence-corrected chi connectivity index (χ0v) is 16.2. The van der Waals surface area contributed by atoms with Crippen LogP contribution in [0.1, 0.15) is 32.9 Å². The van der Waals surface area contributed by atoms with Gasteiger partial charge >= 0.3 is 0 Å². The van der Waals surface area contributed by atoms with Crippen LogP contribution in [-0.4, -0.2) is 47.3 Å². The second-order valence-electron chi connectivity index (χ2n) is 7.10. The Balaban J connectivity index is 1.51. The van der Waals surface area contributed by atoms with E-state index in [1.54, 1.807) is 6.07 Å². The number of carbonyl (C=O) groups is 1. The van der Waals surface area contributed by atoms with E-state index in [0.29, 0.717) is 28.9 Å². The molecule has 3 heterocycles. The highest BCUT2D eigenvalue weighted by molar-refractivity contribution is 6.06. The summed E-state index contributed by atoms with van der Waals surface area (Å²) in [5.41, 5.74) is 4.68. The van der Waals surface area contributed by atoms with Crippen LogP contribution in [0.4, 0.5) is 0 Å². The Hall–Kier alpha value is -2.77. The summed E-state index contributed by atoms with van der Waals surface area (Å²) in [6.07, 6.45) is 0. The molecule has 1 aromatic carbocycles. The van der Waals surface area contributed by atoms with E-state index in [-0.39, 0.29) is 5.91 Å². The maximum Gasteiger partial charge on any atom is 0.258 e. The molecule has 4 rings (SSSR count). The van der Waals surface area contributed by atoms with Crippen LogP contribution in [-0.2, 0) is 17.8 Å². The molecule has 3 aromatic rings. The Morgan fingerprint density at radius 2 is 1.93 bits per heavy atom. The van der Waals surface area contributed by atoms with Gasteiger partial charge in [0, 0.05) is 31.9 Å². The number of ether oxygens (including phenoxy) is 1. The lowest BCUT2D eigenvalue weighted by molar-refractivity contribution is 0.0340. The molecule has 0 radical (unpaired) electrons. The van der Waals surface area contributed by atoms with Crippen molar-refractivity contribution in [3.8, 4) is 0 Å². The third kappa shape index (κ3) is 3.90. The molecule has 2 aromatic heterocycles. The number of morpholine rings is 1. The standard InChI is InChI=1S/C21H24N4O3/c1-14-11-18(19-15(2)24-28-21(19)23-14)20(26)22-12-16-5-3-4-6-17(16)13-25-7-9-27-10-8-25/h3-6,11H,7-10,12-13H2,1-2H3,(H,22,26). The van der Waals surface area contributed by atoms with E-state index in [4.69, 9.17) is 9.26 Å². The molecular formula is C21H24N4O3. The van der Waals surface area contributed by atoms with E-state index in [9.17, 15) is 4.79 Å². The van der Waals surface area contributed by atoms with E-state index in [2.05, 4.69) is 32.5 Å². The van der Waals surface area contributed by atoms with Gasteiger partial charge in [0.15, 0.2) is 0 Å². The normalized spacial score (nSPS) is 15.1. The second-order valence-corrected chi connectivity index (χ2v) is 7.10. The van der Waals surface area contributed by atoms with Crippen LogP contribution in [0.15, 0.2) is 34.9 Å². The van der Waals surface area contributed by atoms with Gasteiger partial charge in [0.1, 0.15) is 0 Å². The zero-order chi connectivity index (χ0) is 19.5. The Kier molecular flexibility index (Phi) is 5.36. The Morgan fingerprint density at radius 3 is 2.71 bits per heavy atom. The molecular weight excluding hydrogens is 356 g/mol. The highest BCUT2D eigenvalue weighted by Gasteiger charge is 2.18. The fourth-order valence-electron chi connectivity index (χ4n) is 3.55. The molecule has 7 heteroatoms. The Morgan fingerprint density at radius 1 is 1.18 bits per heavy atom. The van der Waals surface area contributed by atoms with Crippen molar-refractivity contribution >= 4 is 17.0 Å². The minimum Gasteiger partial charge on any atom is -0.379 e. The highest BCUT2D eigenvalue weighted by atomic mass is 16.5. The van der Waals surface area contributed by atoms with Crippen molar-refractivity contribution in [2.24, 2.45) is 0 Å². The predicted octanol–water partition coefficient (Wildman–Crippen LogP) is 2.60. The fourth-order valence-corrected chi connectivity index (χ4v) is 3.55. The van der Waals surface area contributed by atoms with Gasteiger partial charge in [0.25, 0.3) is 11.6 Å². The largest absolute Gasteiger partial charge is 0.379 e. The van der Waals surface area contributed by atoms with Gasteiger partial charge in [0.2, 0.25) is 0 Å². The lowest BCUT2D eigenvalue weighted by atomic mass is 10.1. The van der Waals surface area contributed by atoms with Crippen LogP contribution in [0, 0.1) is 13.8 Å². The average Bonchev–Trinajstić information content (AvgIpc) is 3.08. The van der Waals surface area contributed by atoms with Gasteiger partial charge < -0.3 is 14.6 Å². The van der Waals surface area contributed by atoms with Crippen LogP contribution in [0.2, 0.25) is 0 Å². The van der Waals surface area contributed by atoms with Crippen molar-refractivity contribution < 1.29 is 14.1 Å². The number of hydrogen-bond acceptors (Lipinski definition) is 6. The number of benzene rings is 1. The summed E-state index contributed by atoms with van der Waals surface area (Å²) in [7, 11) is 0. The molecule has 1 aliphatic heterocycles. The minimum absolute atomic E-state index is 0.150. The molecule has 1 saturated heterocycles. The van der Waals surface area contributed by atoms with Crippen LogP contribution in [0.25, 0.3) is 11.1 Å². The van der Waals surface area contributed by atoms with E-state index in [1.165, 1.54) is 5.56 Å². The van der Waals surface area contributed by atoms with Crippen molar-refractivity contribution in [3.63, 3.8) is 0 Å². The molecule has 1 fully saturated rings. The minimum atomic E-state index is -0.150. The summed E-state index contributed by atoms with van der Waals surface area (Å²) in [5, 5.41) is 7.67. The van der Waals surface area contributed by atoms with Crippen molar-refractivity contribution in [3.05, 3.63) is 58.4 Å². The summed E-state index contributed by atoms with van der Waals surface area (Å²) >= 11 is 0. The number of pyridine rings is 1. The first-order valence-electron chi connectivity index (χ1n) is 9.50. The van der Waals surface area contributed by atoms with Crippen molar-refractivity contribution in [1.29, 1.82) is 0 Å². The molecule has 0 saturated carbocycles. The summed E-state index contributed by atoms with van der Waals surface area (Å²) in [6.45, 7) is 8.39.